The third-order valence-corrected chi connectivity index (χ3v) is 4.58. The van der Waals surface area contributed by atoms with E-state index in [0.717, 1.165) is 50.7 Å². The van der Waals surface area contributed by atoms with Crippen molar-refractivity contribution < 1.29 is 4.79 Å². The molecule has 0 unspecified atom stereocenters. The van der Waals surface area contributed by atoms with Crippen molar-refractivity contribution >= 4 is 11.6 Å². The summed E-state index contributed by atoms with van der Waals surface area (Å²) in [4.78, 5) is 26.3. The fraction of sp³-hybridized carbons (Fsp3) is 0.421. The zero-order chi connectivity index (χ0) is 16.9. The van der Waals surface area contributed by atoms with E-state index in [1.54, 1.807) is 18.3 Å². The van der Waals surface area contributed by atoms with Crippen LogP contribution in [0.5, 0.6) is 0 Å². The van der Waals surface area contributed by atoms with Gasteiger partial charge in [-0.2, -0.15) is 0 Å². The second-order valence-electron chi connectivity index (χ2n) is 6.12. The van der Waals surface area contributed by atoms with E-state index in [1.165, 1.54) is 0 Å². The fourth-order valence-corrected chi connectivity index (χ4v) is 3.10. The van der Waals surface area contributed by atoms with E-state index >= 15 is 0 Å². The number of hydrogen-bond donors (Lipinski definition) is 0. The Balaban J connectivity index is 1.82. The summed E-state index contributed by atoms with van der Waals surface area (Å²) in [6.45, 7) is 9.23. The first-order valence-corrected chi connectivity index (χ1v) is 8.59. The smallest absolute Gasteiger partial charge is 0.213 e. The van der Waals surface area contributed by atoms with Crippen molar-refractivity contribution in [3.8, 4) is 0 Å². The Kier molecular flexibility index (Phi) is 5.20. The number of carbonyl (C=O) groups is 1. The topological polar surface area (TPSA) is 49.3 Å². The minimum Gasteiger partial charge on any atom is -0.355 e. The van der Waals surface area contributed by atoms with Crippen LogP contribution in [0.1, 0.15) is 35.1 Å². The summed E-state index contributed by atoms with van der Waals surface area (Å²) < 4.78 is 0. The largest absolute Gasteiger partial charge is 0.355 e. The van der Waals surface area contributed by atoms with E-state index in [-0.39, 0.29) is 5.78 Å². The molecule has 0 amide bonds. The molecule has 126 valence electrons. The van der Waals surface area contributed by atoms with Crippen LogP contribution in [0, 0.1) is 6.92 Å². The second-order valence-corrected chi connectivity index (χ2v) is 6.12. The highest BCUT2D eigenvalue weighted by Crippen LogP contribution is 2.17. The summed E-state index contributed by atoms with van der Waals surface area (Å²) >= 11 is 0. The molecule has 2 aromatic heterocycles. The van der Waals surface area contributed by atoms with Crippen LogP contribution in [0.2, 0.25) is 0 Å². The average molecular weight is 324 g/mol. The van der Waals surface area contributed by atoms with E-state index in [0.29, 0.717) is 11.3 Å². The molecule has 0 bridgehead atoms. The number of hydrogen-bond acceptors (Lipinski definition) is 5. The first kappa shape index (κ1) is 16.6. The molecule has 2 aromatic rings. The third-order valence-electron chi connectivity index (χ3n) is 4.58. The minimum absolute atomic E-state index is 0.0625. The molecule has 5 nitrogen and oxygen atoms in total. The molecule has 1 aliphatic rings. The average Bonchev–Trinajstić information content (AvgIpc) is 2.87. The first-order chi connectivity index (χ1) is 11.7. The van der Waals surface area contributed by atoms with Gasteiger partial charge in [-0.3, -0.25) is 9.78 Å². The predicted octanol–water partition coefficient (Wildman–Crippen LogP) is 2.55. The normalized spacial score (nSPS) is 16.0. The molecule has 0 spiro atoms. The standard InChI is InChI=1S/C19H24N4O/c1-3-22-11-6-12-23(14-13-22)18-9-4-8-17(21-18)19(24)16-7-5-10-20-15(16)2/h4-5,7-10H,3,6,11-14H2,1-2H3. The SMILES string of the molecule is CCN1CCCN(c2cccc(C(=O)c3cccnc3C)n2)CC1. The van der Waals surface area contributed by atoms with Gasteiger partial charge in [0.15, 0.2) is 0 Å². The van der Waals surface area contributed by atoms with Crippen molar-refractivity contribution in [2.45, 2.75) is 20.3 Å². The zero-order valence-corrected chi connectivity index (χ0v) is 14.4. The van der Waals surface area contributed by atoms with Crippen molar-refractivity contribution in [2.75, 3.05) is 37.6 Å². The van der Waals surface area contributed by atoms with Crippen LogP contribution in [0.15, 0.2) is 36.5 Å². The monoisotopic (exact) mass is 324 g/mol. The van der Waals surface area contributed by atoms with E-state index in [9.17, 15) is 4.79 Å². The Morgan fingerprint density at radius 2 is 2.00 bits per heavy atom. The lowest BCUT2D eigenvalue weighted by Gasteiger charge is -2.22. The van der Waals surface area contributed by atoms with Crippen LogP contribution in [-0.2, 0) is 0 Å². The van der Waals surface area contributed by atoms with E-state index < -0.39 is 0 Å². The highest BCUT2D eigenvalue weighted by atomic mass is 16.1. The number of aryl methyl sites for hydroxylation is 1. The van der Waals surface area contributed by atoms with Crippen LogP contribution in [-0.4, -0.2) is 53.4 Å². The van der Waals surface area contributed by atoms with Gasteiger partial charge in [-0.05, 0) is 50.7 Å². The number of likely N-dealkylation sites (N-methyl/N-ethyl adjacent to an activating group) is 1. The van der Waals surface area contributed by atoms with Crippen LogP contribution < -0.4 is 4.90 Å². The molecule has 24 heavy (non-hydrogen) atoms. The van der Waals surface area contributed by atoms with E-state index in [4.69, 9.17) is 0 Å². The van der Waals surface area contributed by atoms with E-state index in [2.05, 4.69) is 26.7 Å². The molecule has 0 aromatic carbocycles. The van der Waals surface area contributed by atoms with Gasteiger partial charge < -0.3 is 9.80 Å². The number of nitrogens with zero attached hydrogens (tertiary/aromatic N) is 4. The van der Waals surface area contributed by atoms with Crippen molar-refractivity contribution in [2.24, 2.45) is 0 Å². The summed E-state index contributed by atoms with van der Waals surface area (Å²) in [5.41, 5.74) is 1.85. The molecular formula is C19H24N4O. The van der Waals surface area contributed by atoms with Crippen LogP contribution >= 0.6 is 0 Å². The van der Waals surface area contributed by atoms with Gasteiger partial charge in [0.2, 0.25) is 5.78 Å². The van der Waals surface area contributed by atoms with Gasteiger partial charge in [-0.1, -0.05) is 13.0 Å². The van der Waals surface area contributed by atoms with Crippen molar-refractivity contribution in [3.63, 3.8) is 0 Å². The maximum atomic E-state index is 12.7. The fourth-order valence-electron chi connectivity index (χ4n) is 3.10. The Bertz CT molecular complexity index is 716. The Morgan fingerprint density at radius 3 is 2.79 bits per heavy atom. The Morgan fingerprint density at radius 1 is 1.12 bits per heavy atom. The molecule has 5 heteroatoms. The summed E-state index contributed by atoms with van der Waals surface area (Å²) in [5.74, 6) is 0.827. The van der Waals surface area contributed by atoms with Crippen LogP contribution in [0.25, 0.3) is 0 Å². The van der Waals surface area contributed by atoms with Crippen LogP contribution in [0.4, 0.5) is 5.82 Å². The number of rotatable bonds is 4. The van der Waals surface area contributed by atoms with Crippen molar-refractivity contribution in [3.05, 3.63) is 53.5 Å². The molecule has 0 aliphatic carbocycles. The van der Waals surface area contributed by atoms with Gasteiger partial charge in [0.25, 0.3) is 0 Å². The minimum atomic E-state index is -0.0625. The molecular weight excluding hydrogens is 300 g/mol. The lowest BCUT2D eigenvalue weighted by Crippen LogP contribution is -2.31. The number of ketones is 1. The lowest BCUT2D eigenvalue weighted by molar-refractivity contribution is 0.103. The highest BCUT2D eigenvalue weighted by molar-refractivity contribution is 6.08. The van der Waals surface area contributed by atoms with Crippen molar-refractivity contribution in [1.29, 1.82) is 0 Å². The summed E-state index contributed by atoms with van der Waals surface area (Å²) in [6, 6.07) is 9.30. The summed E-state index contributed by atoms with van der Waals surface area (Å²) in [5, 5.41) is 0. The van der Waals surface area contributed by atoms with E-state index in [1.807, 2.05) is 25.1 Å². The van der Waals surface area contributed by atoms with Crippen LogP contribution in [0.3, 0.4) is 0 Å². The molecule has 1 saturated heterocycles. The molecule has 1 fully saturated rings. The first-order valence-electron chi connectivity index (χ1n) is 8.59. The maximum absolute atomic E-state index is 12.7. The van der Waals surface area contributed by atoms with Crippen molar-refractivity contribution in [1.82, 2.24) is 14.9 Å². The molecule has 1 aliphatic heterocycles. The quantitative estimate of drug-likeness (QED) is 0.809. The van der Waals surface area contributed by atoms with Gasteiger partial charge in [-0.15, -0.1) is 0 Å². The number of anilines is 1. The maximum Gasteiger partial charge on any atom is 0.213 e. The number of aromatic nitrogens is 2. The molecule has 3 rings (SSSR count). The number of carbonyl (C=O) groups excluding carboxylic acids is 1. The van der Waals surface area contributed by atoms with Gasteiger partial charge >= 0.3 is 0 Å². The highest BCUT2D eigenvalue weighted by Gasteiger charge is 2.18. The summed E-state index contributed by atoms with van der Waals surface area (Å²) in [6.07, 6.45) is 2.82. The molecule has 0 atom stereocenters. The molecule has 3 heterocycles. The van der Waals surface area contributed by atoms with Gasteiger partial charge in [0.1, 0.15) is 11.5 Å². The lowest BCUT2D eigenvalue weighted by atomic mass is 10.1. The predicted molar refractivity (Wildman–Crippen MR) is 95.6 cm³/mol. The van der Waals surface area contributed by atoms with Gasteiger partial charge in [0.05, 0.1) is 0 Å². The Hall–Kier alpha value is -2.27. The Labute approximate surface area is 143 Å². The molecule has 0 radical (unpaired) electrons. The molecule has 0 saturated carbocycles. The second kappa shape index (κ2) is 7.53. The van der Waals surface area contributed by atoms with Gasteiger partial charge in [0, 0.05) is 37.1 Å². The van der Waals surface area contributed by atoms with Gasteiger partial charge in [-0.25, -0.2) is 4.98 Å². The molecule has 0 N–H and O–H groups in total. The zero-order valence-electron chi connectivity index (χ0n) is 14.4. The third kappa shape index (κ3) is 3.62. The summed E-state index contributed by atoms with van der Waals surface area (Å²) in [7, 11) is 0. The number of pyridine rings is 2.